The fourth-order valence-corrected chi connectivity index (χ4v) is 3.91. The van der Waals surface area contributed by atoms with Crippen LogP contribution in [-0.4, -0.2) is 24.5 Å². The second-order valence-corrected chi connectivity index (χ2v) is 7.49. The summed E-state index contributed by atoms with van der Waals surface area (Å²) in [4.78, 5) is 18.4. The number of hydrogen-bond acceptors (Lipinski definition) is 4. The summed E-state index contributed by atoms with van der Waals surface area (Å²) in [6.45, 7) is 0. The van der Waals surface area contributed by atoms with Crippen LogP contribution in [0.4, 0.5) is 0 Å². The number of aryl methyl sites for hydroxylation is 3. The molecule has 0 unspecified atom stereocenters. The molecular weight excluding hydrogens is 393 g/mol. The molecule has 2 aromatic carbocycles. The SMILES string of the molecule is Cn1c(CCc2cnc3c(Cl)ccc(Cl)c3n2)nc2c3cccnc3ccc21. The lowest BCUT2D eigenvalue weighted by Gasteiger charge is -2.05. The minimum Gasteiger partial charge on any atom is -0.331 e. The third-order valence-electron chi connectivity index (χ3n) is 4.98. The molecule has 0 bridgehead atoms. The van der Waals surface area contributed by atoms with Crippen molar-refractivity contribution in [2.24, 2.45) is 7.05 Å². The minimum absolute atomic E-state index is 0.550. The van der Waals surface area contributed by atoms with Crippen LogP contribution < -0.4 is 0 Å². The van der Waals surface area contributed by atoms with Gasteiger partial charge in [-0.3, -0.25) is 9.97 Å². The van der Waals surface area contributed by atoms with Crippen LogP contribution in [-0.2, 0) is 19.9 Å². The average molecular weight is 408 g/mol. The second kappa shape index (κ2) is 6.69. The minimum atomic E-state index is 0.550. The van der Waals surface area contributed by atoms with Gasteiger partial charge in [0.1, 0.15) is 16.9 Å². The van der Waals surface area contributed by atoms with E-state index in [1.54, 1.807) is 24.5 Å². The van der Waals surface area contributed by atoms with Crippen molar-refractivity contribution in [1.29, 1.82) is 0 Å². The van der Waals surface area contributed by atoms with Crippen molar-refractivity contribution >= 4 is 56.2 Å². The second-order valence-electron chi connectivity index (χ2n) is 6.68. The average Bonchev–Trinajstić information content (AvgIpc) is 3.05. The maximum absolute atomic E-state index is 6.27. The van der Waals surface area contributed by atoms with Crippen LogP contribution in [0.25, 0.3) is 33.0 Å². The lowest BCUT2D eigenvalue weighted by Crippen LogP contribution is -2.02. The molecule has 0 spiro atoms. The molecule has 5 aromatic rings. The van der Waals surface area contributed by atoms with E-state index in [0.717, 1.165) is 39.9 Å². The van der Waals surface area contributed by atoms with Crippen molar-refractivity contribution < 1.29 is 0 Å². The van der Waals surface area contributed by atoms with Crippen molar-refractivity contribution in [3.8, 4) is 0 Å². The van der Waals surface area contributed by atoms with Crippen molar-refractivity contribution in [2.75, 3.05) is 0 Å². The van der Waals surface area contributed by atoms with E-state index in [0.29, 0.717) is 27.5 Å². The van der Waals surface area contributed by atoms with Crippen LogP contribution >= 0.6 is 23.2 Å². The Labute approximate surface area is 171 Å². The Hall–Kier alpha value is -2.76. The molecule has 0 amide bonds. The van der Waals surface area contributed by atoms with E-state index < -0.39 is 0 Å². The summed E-state index contributed by atoms with van der Waals surface area (Å²) >= 11 is 12.5. The third kappa shape index (κ3) is 2.79. The fourth-order valence-electron chi connectivity index (χ4n) is 3.51. The number of imidazole rings is 1. The first-order valence-electron chi connectivity index (χ1n) is 8.90. The molecule has 0 saturated carbocycles. The highest BCUT2D eigenvalue weighted by Crippen LogP contribution is 2.27. The zero-order valence-electron chi connectivity index (χ0n) is 15.0. The van der Waals surface area contributed by atoms with Gasteiger partial charge in [-0.25, -0.2) is 9.97 Å². The highest BCUT2D eigenvalue weighted by atomic mass is 35.5. The van der Waals surface area contributed by atoms with Crippen LogP contribution in [0, 0.1) is 0 Å². The van der Waals surface area contributed by atoms with Gasteiger partial charge in [0.2, 0.25) is 0 Å². The Kier molecular flexibility index (Phi) is 4.14. The summed E-state index contributed by atoms with van der Waals surface area (Å²) in [5.41, 5.74) is 5.13. The summed E-state index contributed by atoms with van der Waals surface area (Å²) in [5, 5.41) is 2.17. The first-order chi connectivity index (χ1) is 13.6. The lowest BCUT2D eigenvalue weighted by molar-refractivity contribution is 0.776. The Balaban J connectivity index is 1.51. The molecule has 0 saturated heterocycles. The monoisotopic (exact) mass is 407 g/mol. The topological polar surface area (TPSA) is 56.5 Å². The molecule has 0 N–H and O–H groups in total. The van der Waals surface area contributed by atoms with Crippen LogP contribution in [0.2, 0.25) is 10.0 Å². The molecular formula is C21H15Cl2N5. The summed E-state index contributed by atoms with van der Waals surface area (Å²) in [7, 11) is 2.04. The molecule has 0 aliphatic carbocycles. The molecule has 7 heteroatoms. The van der Waals surface area contributed by atoms with E-state index in [2.05, 4.69) is 31.7 Å². The maximum atomic E-state index is 6.27. The fraction of sp³-hybridized carbons (Fsp3) is 0.143. The van der Waals surface area contributed by atoms with Gasteiger partial charge in [-0.1, -0.05) is 23.2 Å². The molecule has 5 nitrogen and oxygen atoms in total. The van der Waals surface area contributed by atoms with E-state index in [9.17, 15) is 0 Å². The van der Waals surface area contributed by atoms with E-state index in [-0.39, 0.29) is 0 Å². The molecule has 0 atom stereocenters. The Morgan fingerprint density at radius 1 is 0.857 bits per heavy atom. The number of pyridine rings is 1. The van der Waals surface area contributed by atoms with Gasteiger partial charge in [0.05, 0.1) is 32.3 Å². The normalized spacial score (nSPS) is 11.7. The number of benzene rings is 2. The van der Waals surface area contributed by atoms with Gasteiger partial charge in [-0.15, -0.1) is 0 Å². The van der Waals surface area contributed by atoms with Crippen LogP contribution in [0.15, 0.2) is 48.8 Å². The van der Waals surface area contributed by atoms with Gasteiger partial charge in [0.25, 0.3) is 0 Å². The predicted octanol–water partition coefficient (Wildman–Crippen LogP) is 5.16. The Morgan fingerprint density at radius 2 is 1.68 bits per heavy atom. The van der Waals surface area contributed by atoms with Crippen LogP contribution in [0.3, 0.4) is 0 Å². The molecule has 3 aromatic heterocycles. The molecule has 0 fully saturated rings. The Morgan fingerprint density at radius 3 is 2.54 bits per heavy atom. The van der Waals surface area contributed by atoms with Gasteiger partial charge in [-0.2, -0.15) is 0 Å². The van der Waals surface area contributed by atoms with E-state index in [4.69, 9.17) is 28.2 Å². The maximum Gasteiger partial charge on any atom is 0.110 e. The molecule has 0 aliphatic heterocycles. The summed E-state index contributed by atoms with van der Waals surface area (Å²) in [5.74, 6) is 0.991. The molecule has 3 heterocycles. The summed E-state index contributed by atoms with van der Waals surface area (Å²) in [6.07, 6.45) is 5.00. The number of halogens is 2. The number of nitrogens with zero attached hydrogens (tertiary/aromatic N) is 5. The molecule has 0 radical (unpaired) electrons. The van der Waals surface area contributed by atoms with E-state index in [1.165, 1.54) is 0 Å². The molecule has 5 rings (SSSR count). The smallest absolute Gasteiger partial charge is 0.110 e. The molecule has 28 heavy (non-hydrogen) atoms. The largest absolute Gasteiger partial charge is 0.331 e. The third-order valence-corrected chi connectivity index (χ3v) is 5.59. The quantitative estimate of drug-likeness (QED) is 0.414. The van der Waals surface area contributed by atoms with Crippen LogP contribution in [0.1, 0.15) is 11.5 Å². The van der Waals surface area contributed by atoms with Gasteiger partial charge >= 0.3 is 0 Å². The van der Waals surface area contributed by atoms with Crippen molar-refractivity contribution in [3.63, 3.8) is 0 Å². The zero-order chi connectivity index (χ0) is 19.3. The number of rotatable bonds is 3. The van der Waals surface area contributed by atoms with Crippen molar-refractivity contribution in [1.82, 2.24) is 24.5 Å². The predicted molar refractivity (Wildman–Crippen MR) is 113 cm³/mol. The number of hydrogen-bond donors (Lipinski definition) is 0. The van der Waals surface area contributed by atoms with Crippen molar-refractivity contribution in [2.45, 2.75) is 12.8 Å². The first-order valence-corrected chi connectivity index (χ1v) is 9.66. The zero-order valence-corrected chi connectivity index (χ0v) is 16.5. The van der Waals surface area contributed by atoms with Gasteiger partial charge in [0.15, 0.2) is 0 Å². The van der Waals surface area contributed by atoms with Gasteiger partial charge < -0.3 is 4.57 Å². The van der Waals surface area contributed by atoms with Crippen LogP contribution in [0.5, 0.6) is 0 Å². The van der Waals surface area contributed by atoms with Gasteiger partial charge in [-0.05, 0) is 42.8 Å². The van der Waals surface area contributed by atoms with Crippen molar-refractivity contribution in [3.05, 3.63) is 70.4 Å². The van der Waals surface area contributed by atoms with E-state index in [1.807, 2.05) is 19.2 Å². The number of fused-ring (bicyclic) bond motifs is 4. The highest BCUT2D eigenvalue weighted by molar-refractivity contribution is 6.39. The summed E-state index contributed by atoms with van der Waals surface area (Å²) < 4.78 is 2.13. The Bertz CT molecular complexity index is 1360. The standard InChI is InChI=1S/C21H15Cl2N5/c1-28-17-8-7-16-13(3-2-10-24-16)19(17)27-18(28)9-4-12-11-25-20-14(22)5-6-15(23)21(20)26-12/h2-3,5-8,10-11H,4,9H2,1H3. The lowest BCUT2D eigenvalue weighted by atomic mass is 10.2. The number of aromatic nitrogens is 5. The van der Waals surface area contributed by atoms with Gasteiger partial charge in [0, 0.05) is 31.2 Å². The summed E-state index contributed by atoms with van der Waals surface area (Å²) in [6, 6.07) is 11.6. The molecule has 0 aliphatic rings. The first kappa shape index (κ1) is 17.3. The molecule has 138 valence electrons. The van der Waals surface area contributed by atoms with E-state index >= 15 is 0 Å². The highest BCUT2D eigenvalue weighted by Gasteiger charge is 2.13.